The molecule has 0 aromatic heterocycles. The minimum Gasteiger partial charge on any atom is -0.393 e. The van der Waals surface area contributed by atoms with Gasteiger partial charge in [0.2, 0.25) is 5.91 Å². The van der Waals surface area contributed by atoms with E-state index in [-0.39, 0.29) is 0 Å². The Morgan fingerprint density at radius 1 is 1.54 bits per heavy atom. The number of carbonyl (C=O) groups excluding carboxylic acids is 1. The zero-order chi connectivity index (χ0) is 10.4. The minimum absolute atomic E-state index is 0.365. The topological polar surface area (TPSA) is 94.9 Å². The standard InChI is InChI=1S/C6H11NO5S/c1-3-5(4(2)8)6(9)7(3)13(10,11)12/h3-5,8H,1-2H3,(H,10,11,12)/t3-,4+,5-/m1/s1. The third-order valence-electron chi connectivity index (χ3n) is 2.16. The second kappa shape index (κ2) is 2.93. The van der Waals surface area contributed by atoms with Gasteiger partial charge in [-0.05, 0) is 13.8 Å². The Morgan fingerprint density at radius 2 is 2.00 bits per heavy atom. The molecule has 2 N–H and O–H groups in total. The molecule has 0 aromatic rings. The SMILES string of the molecule is C[C@H](O)[C@@H]1C(=O)N(S(=O)(=O)O)[C@@H]1C. The largest absolute Gasteiger partial charge is 0.393 e. The fraction of sp³-hybridized carbons (Fsp3) is 0.833. The van der Waals surface area contributed by atoms with E-state index in [1.54, 1.807) is 0 Å². The number of rotatable bonds is 2. The predicted molar refractivity (Wildman–Crippen MR) is 43.0 cm³/mol. The zero-order valence-corrected chi connectivity index (χ0v) is 8.02. The van der Waals surface area contributed by atoms with Gasteiger partial charge in [0.25, 0.3) is 0 Å². The molecule has 1 fully saturated rings. The van der Waals surface area contributed by atoms with E-state index in [0.29, 0.717) is 4.31 Å². The quantitative estimate of drug-likeness (QED) is 0.450. The van der Waals surface area contributed by atoms with Gasteiger partial charge in [-0.1, -0.05) is 0 Å². The molecule has 1 rings (SSSR count). The number of aliphatic hydroxyl groups excluding tert-OH is 1. The minimum atomic E-state index is -4.46. The van der Waals surface area contributed by atoms with Gasteiger partial charge < -0.3 is 5.11 Å². The summed E-state index contributed by atoms with van der Waals surface area (Å²) in [6.45, 7) is 2.85. The molecule has 1 aliphatic rings. The average Bonchev–Trinajstić information content (AvgIpc) is 1.81. The lowest BCUT2D eigenvalue weighted by Gasteiger charge is -2.43. The van der Waals surface area contributed by atoms with Gasteiger partial charge in [0.05, 0.1) is 18.1 Å². The number of nitrogens with zero attached hydrogens (tertiary/aromatic N) is 1. The van der Waals surface area contributed by atoms with Crippen LogP contribution in [0.15, 0.2) is 0 Å². The lowest BCUT2D eigenvalue weighted by molar-refractivity contribution is -0.152. The van der Waals surface area contributed by atoms with Crippen LogP contribution in [0.25, 0.3) is 0 Å². The number of hydrogen-bond donors (Lipinski definition) is 2. The van der Waals surface area contributed by atoms with E-state index in [1.165, 1.54) is 13.8 Å². The molecule has 76 valence electrons. The molecule has 1 amide bonds. The van der Waals surface area contributed by atoms with Crippen LogP contribution in [-0.4, -0.2) is 40.4 Å². The molecule has 7 heteroatoms. The van der Waals surface area contributed by atoms with Gasteiger partial charge in [-0.15, -0.1) is 0 Å². The van der Waals surface area contributed by atoms with E-state index in [9.17, 15) is 13.2 Å². The number of hydrogen-bond acceptors (Lipinski definition) is 4. The van der Waals surface area contributed by atoms with Crippen molar-refractivity contribution >= 4 is 16.2 Å². The summed E-state index contributed by atoms with van der Waals surface area (Å²) in [6, 6.07) is -0.678. The van der Waals surface area contributed by atoms with Crippen LogP contribution in [0.3, 0.4) is 0 Å². The first-order valence-electron chi connectivity index (χ1n) is 3.75. The van der Waals surface area contributed by atoms with E-state index < -0.39 is 34.3 Å². The average molecular weight is 209 g/mol. The summed E-state index contributed by atoms with van der Waals surface area (Å²) in [5.74, 6) is -1.49. The van der Waals surface area contributed by atoms with Gasteiger partial charge in [-0.25, -0.2) is 4.31 Å². The first kappa shape index (κ1) is 10.4. The van der Waals surface area contributed by atoms with Crippen LogP contribution >= 0.6 is 0 Å². The molecule has 3 atom stereocenters. The third-order valence-corrected chi connectivity index (χ3v) is 3.17. The molecule has 0 unspecified atom stereocenters. The third kappa shape index (κ3) is 1.54. The van der Waals surface area contributed by atoms with Crippen molar-refractivity contribution in [2.24, 2.45) is 5.92 Å². The van der Waals surface area contributed by atoms with Gasteiger partial charge in [0, 0.05) is 0 Å². The molecule has 0 bridgehead atoms. The highest BCUT2D eigenvalue weighted by Gasteiger charge is 2.52. The molecule has 0 radical (unpaired) electrons. The van der Waals surface area contributed by atoms with Crippen molar-refractivity contribution in [2.45, 2.75) is 26.0 Å². The van der Waals surface area contributed by atoms with Crippen LogP contribution in [0.2, 0.25) is 0 Å². The van der Waals surface area contributed by atoms with Crippen molar-refractivity contribution in [3.8, 4) is 0 Å². The van der Waals surface area contributed by atoms with Crippen LogP contribution in [0.5, 0.6) is 0 Å². The summed E-state index contributed by atoms with van der Waals surface area (Å²) in [6.07, 6.45) is -0.902. The van der Waals surface area contributed by atoms with Gasteiger partial charge in [-0.2, -0.15) is 8.42 Å². The van der Waals surface area contributed by atoms with Crippen LogP contribution < -0.4 is 0 Å². The first-order chi connectivity index (χ1) is 5.76. The van der Waals surface area contributed by atoms with Crippen molar-refractivity contribution in [3.63, 3.8) is 0 Å². The van der Waals surface area contributed by atoms with Crippen LogP contribution in [0, 0.1) is 5.92 Å². The van der Waals surface area contributed by atoms with Crippen LogP contribution in [0.4, 0.5) is 0 Å². The Kier molecular flexibility index (Phi) is 2.35. The highest BCUT2D eigenvalue weighted by molar-refractivity contribution is 7.84. The summed E-state index contributed by atoms with van der Waals surface area (Å²) in [7, 11) is -4.46. The van der Waals surface area contributed by atoms with Crippen LogP contribution in [-0.2, 0) is 15.1 Å². The molecule has 0 spiro atoms. The molecule has 0 aliphatic carbocycles. The maximum Gasteiger partial charge on any atom is 0.362 e. The summed E-state index contributed by atoms with van der Waals surface area (Å²) in [4.78, 5) is 11.1. The molecular formula is C6H11NO5S. The van der Waals surface area contributed by atoms with Crippen molar-refractivity contribution in [3.05, 3.63) is 0 Å². The second-order valence-electron chi connectivity index (χ2n) is 3.12. The first-order valence-corrected chi connectivity index (χ1v) is 5.15. The number of aliphatic hydroxyl groups is 1. The van der Waals surface area contributed by atoms with Crippen molar-refractivity contribution < 1.29 is 22.9 Å². The highest BCUT2D eigenvalue weighted by Crippen LogP contribution is 2.31. The number of amides is 1. The molecule has 1 saturated heterocycles. The smallest absolute Gasteiger partial charge is 0.362 e. The van der Waals surface area contributed by atoms with E-state index in [0.717, 1.165) is 0 Å². The highest BCUT2D eigenvalue weighted by atomic mass is 32.2. The summed E-state index contributed by atoms with van der Waals surface area (Å²) in [5, 5.41) is 9.07. The summed E-state index contributed by atoms with van der Waals surface area (Å²) in [5.41, 5.74) is 0. The van der Waals surface area contributed by atoms with Gasteiger partial charge in [0.1, 0.15) is 0 Å². The molecule has 1 aliphatic heterocycles. The second-order valence-corrected chi connectivity index (χ2v) is 4.41. The molecular weight excluding hydrogens is 198 g/mol. The van der Waals surface area contributed by atoms with Crippen molar-refractivity contribution in [2.75, 3.05) is 0 Å². The Balaban J connectivity index is 2.85. The Labute approximate surface area is 76.0 Å². The van der Waals surface area contributed by atoms with Gasteiger partial charge in [0.15, 0.2) is 0 Å². The van der Waals surface area contributed by atoms with E-state index in [4.69, 9.17) is 9.66 Å². The van der Waals surface area contributed by atoms with E-state index in [1.807, 2.05) is 0 Å². The maximum atomic E-state index is 11.1. The molecule has 0 saturated carbocycles. The normalized spacial score (nSPS) is 31.4. The molecule has 0 aromatic carbocycles. The zero-order valence-electron chi connectivity index (χ0n) is 7.21. The molecule has 6 nitrogen and oxygen atoms in total. The number of carbonyl (C=O) groups is 1. The molecule has 13 heavy (non-hydrogen) atoms. The Hall–Kier alpha value is -0.660. The maximum absolute atomic E-state index is 11.1. The Morgan fingerprint density at radius 3 is 2.23 bits per heavy atom. The van der Waals surface area contributed by atoms with Gasteiger partial charge >= 0.3 is 10.3 Å². The lowest BCUT2D eigenvalue weighted by atomic mass is 9.87. The Bertz CT molecular complexity index is 322. The van der Waals surface area contributed by atoms with E-state index in [2.05, 4.69) is 0 Å². The van der Waals surface area contributed by atoms with Crippen molar-refractivity contribution in [1.82, 2.24) is 4.31 Å². The lowest BCUT2D eigenvalue weighted by Crippen LogP contribution is -2.64. The molecule has 1 heterocycles. The van der Waals surface area contributed by atoms with Crippen LogP contribution in [0.1, 0.15) is 13.8 Å². The fourth-order valence-electron chi connectivity index (χ4n) is 1.55. The summed E-state index contributed by atoms with van der Waals surface area (Å²) < 4.78 is 30.1. The van der Waals surface area contributed by atoms with E-state index >= 15 is 0 Å². The fourth-order valence-corrected chi connectivity index (χ4v) is 2.45. The monoisotopic (exact) mass is 209 g/mol. The van der Waals surface area contributed by atoms with Gasteiger partial charge in [-0.3, -0.25) is 9.35 Å². The van der Waals surface area contributed by atoms with Crippen molar-refractivity contribution in [1.29, 1.82) is 0 Å². The summed E-state index contributed by atoms with van der Waals surface area (Å²) >= 11 is 0. The number of β-lactam (4-membered cyclic amide) rings is 1. The predicted octanol–water partition coefficient (Wildman–Crippen LogP) is -0.983.